The summed E-state index contributed by atoms with van der Waals surface area (Å²) in [6.07, 6.45) is 0. The van der Waals surface area contributed by atoms with Gasteiger partial charge in [0.25, 0.3) is 5.91 Å². The lowest BCUT2D eigenvalue weighted by Crippen LogP contribution is -2.18. The molecule has 4 N–H and O–H groups in total. The molecule has 0 saturated carbocycles. The second kappa shape index (κ2) is 5.56. The van der Waals surface area contributed by atoms with Crippen molar-refractivity contribution in [2.75, 3.05) is 18.1 Å². The van der Waals surface area contributed by atoms with Crippen LogP contribution in [0.3, 0.4) is 0 Å². The van der Waals surface area contributed by atoms with Crippen LogP contribution in [0.25, 0.3) is 0 Å². The van der Waals surface area contributed by atoms with Crippen LogP contribution >= 0.6 is 0 Å². The van der Waals surface area contributed by atoms with Crippen molar-refractivity contribution < 1.29 is 13.6 Å². The molecular formula is C14H13F2N3O. The van der Waals surface area contributed by atoms with Crippen LogP contribution in [0, 0.1) is 11.6 Å². The lowest BCUT2D eigenvalue weighted by atomic mass is 10.1. The third kappa shape index (κ3) is 2.69. The second-order valence-corrected chi connectivity index (χ2v) is 4.10. The number of halogens is 2. The summed E-state index contributed by atoms with van der Waals surface area (Å²) in [5.74, 6) is -1.74. The van der Waals surface area contributed by atoms with Crippen LogP contribution in [0.4, 0.5) is 25.8 Å². The van der Waals surface area contributed by atoms with Crippen molar-refractivity contribution in [1.29, 1.82) is 0 Å². The molecule has 4 nitrogen and oxygen atoms in total. The van der Waals surface area contributed by atoms with Gasteiger partial charge in [0.05, 0.1) is 11.4 Å². The first-order valence-corrected chi connectivity index (χ1v) is 5.85. The summed E-state index contributed by atoms with van der Waals surface area (Å²) in [6, 6.07) is 7.98. The highest BCUT2D eigenvalue weighted by molar-refractivity contribution is 5.96. The molecule has 0 spiro atoms. The molecule has 20 heavy (non-hydrogen) atoms. The number of amides is 1. The molecule has 0 radical (unpaired) electrons. The zero-order valence-electron chi connectivity index (χ0n) is 10.7. The Kier molecular flexibility index (Phi) is 3.84. The van der Waals surface area contributed by atoms with Crippen LogP contribution in [0.2, 0.25) is 0 Å². The number of anilines is 3. The zero-order valence-corrected chi connectivity index (χ0v) is 10.7. The molecule has 0 aliphatic carbocycles. The van der Waals surface area contributed by atoms with Crippen molar-refractivity contribution in [3.8, 4) is 0 Å². The van der Waals surface area contributed by atoms with E-state index in [0.717, 1.165) is 12.1 Å². The molecule has 0 fully saturated rings. The molecule has 0 aromatic heterocycles. The minimum absolute atomic E-state index is 0.216. The Hall–Kier alpha value is -2.63. The summed E-state index contributed by atoms with van der Waals surface area (Å²) in [5, 5.41) is 5.05. The van der Waals surface area contributed by atoms with Gasteiger partial charge >= 0.3 is 0 Å². The maximum atomic E-state index is 13.5. The number of rotatable bonds is 3. The monoisotopic (exact) mass is 277 g/mol. The largest absolute Gasteiger partial charge is 0.397 e. The fourth-order valence-electron chi connectivity index (χ4n) is 1.71. The number of benzene rings is 2. The highest BCUT2D eigenvalue weighted by atomic mass is 19.1. The van der Waals surface area contributed by atoms with Gasteiger partial charge in [-0.3, -0.25) is 4.79 Å². The van der Waals surface area contributed by atoms with Crippen LogP contribution in [-0.4, -0.2) is 13.0 Å². The number of hydrogen-bond acceptors (Lipinski definition) is 3. The van der Waals surface area contributed by atoms with E-state index in [-0.39, 0.29) is 17.3 Å². The normalized spacial score (nSPS) is 10.2. The Morgan fingerprint density at radius 2 is 1.80 bits per heavy atom. The van der Waals surface area contributed by atoms with Gasteiger partial charge in [-0.2, -0.15) is 0 Å². The van der Waals surface area contributed by atoms with Gasteiger partial charge in [0.2, 0.25) is 0 Å². The number of nitrogens with two attached hydrogens (primary N) is 1. The molecule has 2 aromatic rings. The average Bonchev–Trinajstić information content (AvgIpc) is 2.43. The lowest BCUT2D eigenvalue weighted by molar-refractivity contribution is 0.0963. The van der Waals surface area contributed by atoms with Crippen molar-refractivity contribution in [1.82, 2.24) is 5.32 Å². The Labute approximate surface area is 114 Å². The number of para-hydroxylation sites is 1. The van der Waals surface area contributed by atoms with Crippen LogP contribution in [-0.2, 0) is 0 Å². The van der Waals surface area contributed by atoms with Crippen LogP contribution in [0.1, 0.15) is 10.4 Å². The maximum Gasteiger partial charge on any atom is 0.251 e. The van der Waals surface area contributed by atoms with E-state index in [2.05, 4.69) is 10.6 Å². The first-order valence-electron chi connectivity index (χ1n) is 5.85. The van der Waals surface area contributed by atoms with Crippen molar-refractivity contribution in [2.45, 2.75) is 0 Å². The van der Waals surface area contributed by atoms with E-state index >= 15 is 0 Å². The fourth-order valence-corrected chi connectivity index (χ4v) is 1.71. The van der Waals surface area contributed by atoms with Crippen LogP contribution < -0.4 is 16.4 Å². The van der Waals surface area contributed by atoms with Crippen molar-refractivity contribution in [2.24, 2.45) is 0 Å². The van der Waals surface area contributed by atoms with E-state index in [0.29, 0.717) is 11.3 Å². The SMILES string of the molecule is CNC(=O)c1ccc(Nc2c(F)cccc2F)c(N)c1. The molecule has 0 bridgehead atoms. The van der Waals surface area contributed by atoms with E-state index in [4.69, 9.17) is 5.73 Å². The van der Waals surface area contributed by atoms with Crippen molar-refractivity contribution in [3.05, 3.63) is 53.6 Å². The van der Waals surface area contributed by atoms with E-state index in [1.54, 1.807) is 0 Å². The number of carbonyl (C=O) groups is 1. The zero-order chi connectivity index (χ0) is 14.7. The summed E-state index contributed by atoms with van der Waals surface area (Å²) >= 11 is 0. The van der Waals surface area contributed by atoms with Gasteiger partial charge in [-0.1, -0.05) is 6.07 Å². The van der Waals surface area contributed by atoms with E-state index in [1.165, 1.54) is 31.3 Å². The minimum Gasteiger partial charge on any atom is -0.397 e. The van der Waals surface area contributed by atoms with Gasteiger partial charge in [-0.15, -0.1) is 0 Å². The predicted octanol–water partition coefficient (Wildman–Crippen LogP) is 2.65. The number of nitrogens with one attached hydrogen (secondary N) is 2. The molecule has 0 aliphatic rings. The number of hydrogen-bond donors (Lipinski definition) is 3. The Bertz CT molecular complexity index is 639. The predicted molar refractivity (Wildman–Crippen MR) is 73.9 cm³/mol. The molecule has 104 valence electrons. The molecule has 0 aliphatic heterocycles. The molecule has 2 rings (SSSR count). The second-order valence-electron chi connectivity index (χ2n) is 4.10. The molecule has 1 amide bonds. The maximum absolute atomic E-state index is 13.5. The smallest absolute Gasteiger partial charge is 0.251 e. The molecular weight excluding hydrogens is 264 g/mol. The Morgan fingerprint density at radius 1 is 1.15 bits per heavy atom. The molecule has 0 saturated heterocycles. The highest BCUT2D eigenvalue weighted by Gasteiger charge is 2.11. The van der Waals surface area contributed by atoms with E-state index < -0.39 is 11.6 Å². The van der Waals surface area contributed by atoms with Gasteiger partial charge in [0.1, 0.15) is 17.3 Å². The first kappa shape index (κ1) is 13.8. The van der Waals surface area contributed by atoms with Crippen LogP contribution in [0.5, 0.6) is 0 Å². The van der Waals surface area contributed by atoms with Crippen molar-refractivity contribution in [3.63, 3.8) is 0 Å². The number of nitrogen functional groups attached to an aromatic ring is 1. The summed E-state index contributed by atoms with van der Waals surface area (Å²) in [7, 11) is 1.50. The van der Waals surface area contributed by atoms with Crippen molar-refractivity contribution >= 4 is 23.0 Å². The molecule has 0 heterocycles. The molecule has 6 heteroatoms. The molecule has 2 aromatic carbocycles. The summed E-state index contributed by atoms with van der Waals surface area (Å²) in [4.78, 5) is 11.4. The van der Waals surface area contributed by atoms with E-state index in [9.17, 15) is 13.6 Å². The lowest BCUT2D eigenvalue weighted by Gasteiger charge is -2.12. The van der Waals surface area contributed by atoms with Gasteiger partial charge < -0.3 is 16.4 Å². The number of carbonyl (C=O) groups excluding carboxylic acids is 1. The van der Waals surface area contributed by atoms with E-state index in [1.807, 2.05) is 0 Å². The average molecular weight is 277 g/mol. The van der Waals surface area contributed by atoms with Crippen LogP contribution in [0.15, 0.2) is 36.4 Å². The summed E-state index contributed by atoms with van der Waals surface area (Å²) < 4.78 is 27.0. The molecule has 0 unspecified atom stereocenters. The topological polar surface area (TPSA) is 67.2 Å². The molecule has 0 atom stereocenters. The quantitative estimate of drug-likeness (QED) is 0.755. The summed E-state index contributed by atoms with van der Waals surface area (Å²) in [5.41, 5.74) is 6.39. The Balaban J connectivity index is 2.33. The minimum atomic E-state index is -0.722. The fraction of sp³-hybridized carbons (Fsp3) is 0.0714. The van der Waals surface area contributed by atoms with Gasteiger partial charge in [-0.05, 0) is 30.3 Å². The highest BCUT2D eigenvalue weighted by Crippen LogP contribution is 2.27. The standard InChI is InChI=1S/C14H13F2N3O/c1-18-14(20)8-5-6-12(11(17)7-8)19-13-9(15)3-2-4-10(13)16/h2-7,19H,17H2,1H3,(H,18,20). The van der Waals surface area contributed by atoms with Gasteiger partial charge in [0, 0.05) is 12.6 Å². The Morgan fingerprint density at radius 3 is 2.35 bits per heavy atom. The third-order valence-electron chi connectivity index (χ3n) is 2.76. The van der Waals surface area contributed by atoms with Gasteiger partial charge in [-0.25, -0.2) is 8.78 Å². The van der Waals surface area contributed by atoms with Gasteiger partial charge in [0.15, 0.2) is 0 Å². The summed E-state index contributed by atoms with van der Waals surface area (Å²) in [6.45, 7) is 0. The first-order chi connectivity index (χ1) is 9.52. The third-order valence-corrected chi connectivity index (χ3v) is 2.76.